The fourth-order valence-corrected chi connectivity index (χ4v) is 0. The van der Waals surface area contributed by atoms with Crippen molar-refractivity contribution in [3.05, 3.63) is 0 Å². The molecular weight excluding hydrogens is 195 g/mol. The van der Waals surface area contributed by atoms with Crippen LogP contribution in [0.4, 0.5) is 0 Å². The topological polar surface area (TPSA) is 20.2 Å². The Bertz CT molecular complexity index is 53.6. The van der Waals surface area contributed by atoms with Crippen molar-refractivity contribution in [3.8, 4) is 0 Å². The van der Waals surface area contributed by atoms with E-state index in [1.54, 1.807) is 0 Å². The summed E-state index contributed by atoms with van der Waals surface area (Å²) in [6, 6.07) is 0. The Hall–Kier alpha value is 0.759. The minimum atomic E-state index is -1.81. The summed E-state index contributed by atoms with van der Waals surface area (Å²) in [5.74, 6) is 0. The zero-order valence-corrected chi connectivity index (χ0v) is 8.38. The van der Waals surface area contributed by atoms with Crippen LogP contribution in [0.5, 0.6) is 0 Å². The van der Waals surface area contributed by atoms with Crippen LogP contribution in [0.1, 0.15) is 6.92 Å². The molecule has 44 valence electrons. The van der Waals surface area contributed by atoms with Crippen LogP contribution in [-0.2, 0) is 0 Å². The van der Waals surface area contributed by atoms with Crippen LogP contribution in [-0.4, -0.2) is 27.6 Å². The second kappa shape index (κ2) is 2.35. The van der Waals surface area contributed by atoms with Gasteiger partial charge in [-0.25, -0.2) is 0 Å². The van der Waals surface area contributed by atoms with Crippen LogP contribution >= 0.6 is 0 Å². The van der Waals surface area contributed by atoms with Gasteiger partial charge in [-0.15, -0.1) is 0 Å². The van der Waals surface area contributed by atoms with E-state index in [0.717, 1.165) is 0 Å². The summed E-state index contributed by atoms with van der Waals surface area (Å²) in [6.07, 6.45) is 0. The predicted molar refractivity (Wildman–Crippen MR) is 35.0 cm³/mol. The van der Waals surface area contributed by atoms with Crippen LogP contribution in [0.15, 0.2) is 0 Å². The van der Waals surface area contributed by atoms with Crippen molar-refractivity contribution in [2.45, 2.75) is 25.9 Å². The molecule has 0 unspecified atom stereocenters. The first-order valence-electron chi connectivity index (χ1n) is 2.62. The predicted octanol–water partition coefficient (Wildman–Crippen LogP) is 1.24. The molecular formula is C5H14OSn. The average Bonchev–Trinajstić information content (AvgIpc) is 1.31. The van der Waals surface area contributed by atoms with Gasteiger partial charge < -0.3 is 0 Å². The molecule has 0 amide bonds. The van der Waals surface area contributed by atoms with Crippen molar-refractivity contribution in [2.75, 3.05) is 0 Å². The zero-order valence-electron chi connectivity index (χ0n) is 5.52. The van der Waals surface area contributed by atoms with Gasteiger partial charge in [0.15, 0.2) is 0 Å². The SMILES string of the molecule is C[C@H](O)[Sn]([CH3])([CH3])[CH3]. The molecule has 0 radical (unpaired) electrons. The molecule has 0 bridgehead atoms. The van der Waals surface area contributed by atoms with Crippen molar-refractivity contribution < 1.29 is 5.11 Å². The summed E-state index contributed by atoms with van der Waals surface area (Å²) in [7, 11) is 0. The van der Waals surface area contributed by atoms with E-state index in [9.17, 15) is 0 Å². The Morgan fingerprint density at radius 2 is 1.43 bits per heavy atom. The van der Waals surface area contributed by atoms with Gasteiger partial charge in [-0.3, -0.25) is 0 Å². The third-order valence-corrected chi connectivity index (χ3v) is 8.41. The first-order chi connectivity index (χ1) is 2.94. The third kappa shape index (κ3) is 3.35. The fraction of sp³-hybridized carbons (Fsp3) is 1.00. The first kappa shape index (κ1) is 7.76. The molecule has 2 heteroatoms. The summed E-state index contributed by atoms with van der Waals surface area (Å²) in [5.41, 5.74) is 0. The molecule has 1 N–H and O–H groups in total. The molecule has 0 aliphatic heterocycles. The fourth-order valence-electron chi connectivity index (χ4n) is 0. The molecule has 0 aliphatic rings. The van der Waals surface area contributed by atoms with E-state index in [2.05, 4.69) is 14.8 Å². The Balaban J connectivity index is 3.54. The van der Waals surface area contributed by atoms with Gasteiger partial charge in [0.05, 0.1) is 0 Å². The molecule has 0 aromatic carbocycles. The Morgan fingerprint density at radius 3 is 1.43 bits per heavy atom. The van der Waals surface area contributed by atoms with Crippen LogP contribution in [0.3, 0.4) is 0 Å². The number of rotatable bonds is 1. The van der Waals surface area contributed by atoms with Gasteiger partial charge in [0, 0.05) is 0 Å². The van der Waals surface area contributed by atoms with Gasteiger partial charge in [0.2, 0.25) is 0 Å². The molecule has 7 heavy (non-hydrogen) atoms. The quantitative estimate of drug-likeness (QED) is 0.644. The number of aliphatic hydroxyl groups is 1. The standard InChI is InChI=1S/C2H5O.3CH3.Sn/c1-2-3;;;;/h2-3H,1H3;3*1H3;. The van der Waals surface area contributed by atoms with Gasteiger partial charge >= 0.3 is 49.3 Å². The normalized spacial score (nSPS) is 16.7. The molecule has 0 heterocycles. The summed E-state index contributed by atoms with van der Waals surface area (Å²) in [4.78, 5) is 6.66. The first-order valence-corrected chi connectivity index (χ1v) is 12.8. The Kier molecular flexibility index (Phi) is 2.61. The molecule has 1 atom stereocenters. The molecule has 0 spiro atoms. The number of hydrogen-bond acceptors (Lipinski definition) is 1. The number of aliphatic hydroxyl groups excluding tert-OH is 1. The second-order valence-corrected chi connectivity index (χ2v) is 18.9. The molecule has 0 aromatic rings. The van der Waals surface area contributed by atoms with Crippen LogP contribution < -0.4 is 0 Å². The Morgan fingerprint density at radius 1 is 1.29 bits per heavy atom. The van der Waals surface area contributed by atoms with E-state index in [0.29, 0.717) is 0 Å². The minimum absolute atomic E-state index is 0.00861. The van der Waals surface area contributed by atoms with Gasteiger partial charge in [-0.05, 0) is 0 Å². The van der Waals surface area contributed by atoms with Gasteiger partial charge in [0.25, 0.3) is 0 Å². The van der Waals surface area contributed by atoms with E-state index in [-0.39, 0.29) is 4.12 Å². The summed E-state index contributed by atoms with van der Waals surface area (Å²) < 4.78 is 0.00861. The van der Waals surface area contributed by atoms with Crippen molar-refractivity contribution in [1.82, 2.24) is 0 Å². The molecule has 0 rings (SSSR count). The van der Waals surface area contributed by atoms with Crippen molar-refractivity contribution in [1.29, 1.82) is 0 Å². The van der Waals surface area contributed by atoms with Crippen LogP contribution in [0.2, 0.25) is 14.8 Å². The van der Waals surface area contributed by atoms with E-state index < -0.39 is 18.4 Å². The van der Waals surface area contributed by atoms with E-state index in [1.165, 1.54) is 0 Å². The maximum atomic E-state index is 8.98. The van der Waals surface area contributed by atoms with Crippen LogP contribution in [0.25, 0.3) is 0 Å². The molecule has 0 aliphatic carbocycles. The second-order valence-electron chi connectivity index (χ2n) is 3.04. The van der Waals surface area contributed by atoms with Crippen molar-refractivity contribution in [2.24, 2.45) is 0 Å². The van der Waals surface area contributed by atoms with Crippen molar-refractivity contribution >= 4 is 18.4 Å². The maximum absolute atomic E-state index is 8.98. The van der Waals surface area contributed by atoms with E-state index in [4.69, 9.17) is 5.11 Å². The molecule has 0 aromatic heterocycles. The molecule has 0 fully saturated rings. The summed E-state index contributed by atoms with van der Waals surface area (Å²) in [6.45, 7) is 1.90. The monoisotopic (exact) mass is 210 g/mol. The summed E-state index contributed by atoms with van der Waals surface area (Å²) >= 11 is -1.81. The van der Waals surface area contributed by atoms with Gasteiger partial charge in [-0.1, -0.05) is 0 Å². The zero-order chi connectivity index (χ0) is 6.08. The average molecular weight is 209 g/mol. The summed E-state index contributed by atoms with van der Waals surface area (Å²) in [5, 5.41) is 8.98. The number of hydrogen-bond donors (Lipinski definition) is 1. The molecule has 0 saturated carbocycles. The Labute approximate surface area is 49.6 Å². The van der Waals surface area contributed by atoms with Gasteiger partial charge in [0.1, 0.15) is 0 Å². The van der Waals surface area contributed by atoms with E-state index in [1.807, 2.05) is 6.92 Å². The third-order valence-electron chi connectivity index (χ3n) is 1.25. The molecule has 1 nitrogen and oxygen atoms in total. The van der Waals surface area contributed by atoms with E-state index >= 15 is 0 Å². The van der Waals surface area contributed by atoms with Crippen molar-refractivity contribution in [3.63, 3.8) is 0 Å². The van der Waals surface area contributed by atoms with Crippen LogP contribution in [0, 0.1) is 0 Å². The molecule has 0 saturated heterocycles. The van der Waals surface area contributed by atoms with Gasteiger partial charge in [-0.2, -0.15) is 0 Å².